The summed E-state index contributed by atoms with van der Waals surface area (Å²) in [6.45, 7) is 1.44. The lowest BCUT2D eigenvalue weighted by Crippen LogP contribution is -2.40. The van der Waals surface area contributed by atoms with Gasteiger partial charge in [0.05, 0.1) is 11.8 Å². The largest absolute Gasteiger partial charge is 0.381 e. The number of hydrogen-bond acceptors (Lipinski definition) is 4. The zero-order valence-corrected chi connectivity index (χ0v) is 12.9. The summed E-state index contributed by atoms with van der Waals surface area (Å²) < 4.78 is 7.09. The fourth-order valence-corrected chi connectivity index (χ4v) is 2.73. The van der Waals surface area contributed by atoms with Crippen LogP contribution in [0, 0.1) is 0 Å². The molecule has 1 amide bonds. The van der Waals surface area contributed by atoms with E-state index in [4.69, 9.17) is 4.74 Å². The Balaban J connectivity index is 1.80. The van der Waals surface area contributed by atoms with Gasteiger partial charge >= 0.3 is 0 Å². The Morgan fingerprint density at radius 1 is 1.27 bits per heavy atom. The van der Waals surface area contributed by atoms with Crippen molar-refractivity contribution >= 4 is 5.91 Å². The van der Waals surface area contributed by atoms with Gasteiger partial charge in [0.1, 0.15) is 0 Å². The molecule has 0 N–H and O–H groups in total. The molecular formula is C16H20N4O2. The van der Waals surface area contributed by atoms with E-state index in [2.05, 4.69) is 10.1 Å². The van der Waals surface area contributed by atoms with Crippen molar-refractivity contribution in [2.24, 2.45) is 7.05 Å². The van der Waals surface area contributed by atoms with E-state index in [0.717, 1.165) is 37.2 Å². The van der Waals surface area contributed by atoms with Crippen LogP contribution in [0.25, 0.3) is 11.1 Å². The zero-order valence-electron chi connectivity index (χ0n) is 12.9. The van der Waals surface area contributed by atoms with Gasteiger partial charge in [-0.05, 0) is 18.9 Å². The van der Waals surface area contributed by atoms with Gasteiger partial charge < -0.3 is 9.64 Å². The van der Waals surface area contributed by atoms with Crippen molar-refractivity contribution in [2.75, 3.05) is 20.3 Å². The normalized spacial score (nSPS) is 15.7. The molecule has 1 aliphatic rings. The minimum atomic E-state index is 0.00476. The molecule has 0 aromatic carbocycles. The number of nitrogens with zero attached hydrogens (tertiary/aromatic N) is 4. The molecule has 6 heteroatoms. The molecular weight excluding hydrogens is 280 g/mol. The first kappa shape index (κ1) is 14.7. The van der Waals surface area contributed by atoms with Crippen LogP contribution in [0.15, 0.2) is 30.9 Å². The van der Waals surface area contributed by atoms with E-state index in [1.165, 1.54) is 0 Å². The minimum absolute atomic E-state index is 0.00476. The molecule has 1 fully saturated rings. The average Bonchev–Trinajstić information content (AvgIpc) is 3.01. The molecule has 0 bridgehead atoms. The molecule has 6 nitrogen and oxygen atoms in total. The first-order valence-electron chi connectivity index (χ1n) is 7.44. The Hall–Kier alpha value is -2.21. The van der Waals surface area contributed by atoms with E-state index in [-0.39, 0.29) is 11.9 Å². The molecule has 0 saturated carbocycles. The third kappa shape index (κ3) is 3.01. The number of ether oxygens (including phenoxy) is 1. The van der Waals surface area contributed by atoms with Crippen molar-refractivity contribution in [3.05, 3.63) is 36.4 Å². The maximum absolute atomic E-state index is 12.7. The van der Waals surface area contributed by atoms with E-state index in [9.17, 15) is 4.79 Å². The van der Waals surface area contributed by atoms with Crippen LogP contribution in [0.2, 0.25) is 0 Å². The Kier molecular flexibility index (Phi) is 4.20. The van der Waals surface area contributed by atoms with Crippen molar-refractivity contribution < 1.29 is 9.53 Å². The molecule has 22 heavy (non-hydrogen) atoms. The Morgan fingerprint density at radius 2 is 2.05 bits per heavy atom. The van der Waals surface area contributed by atoms with Gasteiger partial charge in [-0.3, -0.25) is 14.5 Å². The number of amides is 1. The van der Waals surface area contributed by atoms with Crippen LogP contribution in [-0.4, -0.2) is 51.9 Å². The predicted octanol–water partition coefficient (Wildman–Crippen LogP) is 1.73. The molecule has 1 saturated heterocycles. The lowest BCUT2D eigenvalue weighted by molar-refractivity contribution is 0.0362. The second kappa shape index (κ2) is 6.27. The van der Waals surface area contributed by atoms with Crippen molar-refractivity contribution in [2.45, 2.75) is 18.9 Å². The van der Waals surface area contributed by atoms with Crippen molar-refractivity contribution in [3.8, 4) is 11.1 Å². The highest BCUT2D eigenvalue weighted by atomic mass is 16.5. The maximum atomic E-state index is 12.7. The molecule has 116 valence electrons. The third-order valence-electron chi connectivity index (χ3n) is 4.08. The third-order valence-corrected chi connectivity index (χ3v) is 4.08. The summed E-state index contributed by atoms with van der Waals surface area (Å²) in [7, 11) is 3.72. The second-order valence-electron chi connectivity index (χ2n) is 5.62. The number of aryl methyl sites for hydroxylation is 1. The summed E-state index contributed by atoms with van der Waals surface area (Å²) in [4.78, 5) is 18.7. The second-order valence-corrected chi connectivity index (χ2v) is 5.62. The van der Waals surface area contributed by atoms with Gasteiger partial charge in [0.25, 0.3) is 5.91 Å². The van der Waals surface area contributed by atoms with Gasteiger partial charge in [-0.25, -0.2) is 0 Å². The van der Waals surface area contributed by atoms with Gasteiger partial charge in [0.15, 0.2) is 0 Å². The fourth-order valence-electron chi connectivity index (χ4n) is 2.73. The Bertz CT molecular complexity index is 662. The van der Waals surface area contributed by atoms with Crippen LogP contribution >= 0.6 is 0 Å². The monoisotopic (exact) mass is 300 g/mol. The highest BCUT2D eigenvalue weighted by molar-refractivity contribution is 5.95. The summed E-state index contributed by atoms with van der Waals surface area (Å²) in [5.74, 6) is 0.00476. The first-order chi connectivity index (χ1) is 10.6. The van der Waals surface area contributed by atoms with Crippen molar-refractivity contribution in [1.82, 2.24) is 19.7 Å². The Labute approximate surface area is 129 Å². The quantitative estimate of drug-likeness (QED) is 0.866. The molecule has 0 spiro atoms. The highest BCUT2D eigenvalue weighted by Crippen LogP contribution is 2.20. The van der Waals surface area contributed by atoms with Gasteiger partial charge in [-0.1, -0.05) is 0 Å². The zero-order chi connectivity index (χ0) is 15.5. The van der Waals surface area contributed by atoms with E-state index >= 15 is 0 Å². The lowest BCUT2D eigenvalue weighted by atomic mass is 10.1. The van der Waals surface area contributed by atoms with E-state index < -0.39 is 0 Å². The number of rotatable bonds is 3. The van der Waals surface area contributed by atoms with Crippen molar-refractivity contribution in [1.29, 1.82) is 0 Å². The summed E-state index contributed by atoms with van der Waals surface area (Å²) in [6.07, 6.45) is 8.83. The van der Waals surface area contributed by atoms with Gasteiger partial charge in [0.2, 0.25) is 0 Å². The molecule has 0 radical (unpaired) electrons. The summed E-state index contributed by atoms with van der Waals surface area (Å²) in [5, 5.41) is 4.16. The van der Waals surface area contributed by atoms with E-state index in [1.54, 1.807) is 23.3 Å². The smallest absolute Gasteiger partial charge is 0.255 e. The molecule has 3 rings (SSSR count). The van der Waals surface area contributed by atoms with Gasteiger partial charge in [-0.2, -0.15) is 5.10 Å². The Morgan fingerprint density at radius 3 is 2.73 bits per heavy atom. The van der Waals surface area contributed by atoms with Crippen LogP contribution in [-0.2, 0) is 11.8 Å². The number of hydrogen-bond donors (Lipinski definition) is 0. The van der Waals surface area contributed by atoms with E-state index in [1.807, 2.05) is 31.3 Å². The fraction of sp³-hybridized carbons (Fsp3) is 0.438. The van der Waals surface area contributed by atoms with Crippen LogP contribution < -0.4 is 0 Å². The first-order valence-corrected chi connectivity index (χ1v) is 7.44. The molecule has 0 unspecified atom stereocenters. The standard InChI is InChI=1S/C16H20N4O2/c1-19-11-14(10-18-19)12-7-13(9-17-8-12)16(21)20(2)15-3-5-22-6-4-15/h7-11,15H,3-6H2,1-2H3. The molecule has 0 atom stereocenters. The molecule has 3 heterocycles. The average molecular weight is 300 g/mol. The summed E-state index contributed by atoms with van der Waals surface area (Å²) in [5.41, 5.74) is 2.47. The van der Waals surface area contributed by atoms with Crippen LogP contribution in [0.4, 0.5) is 0 Å². The van der Waals surface area contributed by atoms with Crippen LogP contribution in [0.1, 0.15) is 23.2 Å². The molecule has 0 aliphatic carbocycles. The van der Waals surface area contributed by atoms with Crippen molar-refractivity contribution in [3.63, 3.8) is 0 Å². The maximum Gasteiger partial charge on any atom is 0.255 e. The summed E-state index contributed by atoms with van der Waals surface area (Å²) in [6, 6.07) is 2.12. The van der Waals surface area contributed by atoms with Gasteiger partial charge in [0, 0.05) is 63.1 Å². The van der Waals surface area contributed by atoms with Crippen LogP contribution in [0.5, 0.6) is 0 Å². The number of aromatic nitrogens is 3. The minimum Gasteiger partial charge on any atom is -0.381 e. The molecule has 1 aliphatic heterocycles. The molecule has 2 aromatic rings. The topological polar surface area (TPSA) is 60.2 Å². The number of carbonyl (C=O) groups excluding carboxylic acids is 1. The van der Waals surface area contributed by atoms with Crippen LogP contribution in [0.3, 0.4) is 0 Å². The van der Waals surface area contributed by atoms with Gasteiger partial charge in [-0.15, -0.1) is 0 Å². The number of carbonyl (C=O) groups is 1. The predicted molar refractivity (Wildman–Crippen MR) is 82.4 cm³/mol. The molecule has 2 aromatic heterocycles. The highest BCUT2D eigenvalue weighted by Gasteiger charge is 2.23. The number of pyridine rings is 1. The summed E-state index contributed by atoms with van der Waals surface area (Å²) >= 11 is 0. The SMILES string of the molecule is CN(C(=O)c1cncc(-c2cnn(C)c2)c1)C1CCOCC1. The van der Waals surface area contributed by atoms with E-state index in [0.29, 0.717) is 5.56 Å². The lowest BCUT2D eigenvalue weighted by Gasteiger charge is -2.31.